The van der Waals surface area contributed by atoms with Gasteiger partial charge in [-0.25, -0.2) is 4.68 Å². The maximum absolute atomic E-state index is 9.86. The van der Waals surface area contributed by atoms with E-state index in [0.717, 1.165) is 15.4 Å². The third-order valence-electron chi connectivity index (χ3n) is 2.65. The van der Waals surface area contributed by atoms with E-state index in [0.29, 0.717) is 5.69 Å². The first-order valence-electron chi connectivity index (χ1n) is 5.18. The van der Waals surface area contributed by atoms with Crippen molar-refractivity contribution in [2.45, 2.75) is 0 Å². The molecular weight excluding hydrogens is 280 g/mol. The Morgan fingerprint density at radius 3 is 2.71 bits per heavy atom. The molecular formula is C13H9BrN2O. The first-order chi connectivity index (χ1) is 8.27. The van der Waals surface area contributed by atoms with Gasteiger partial charge in [0, 0.05) is 9.86 Å². The van der Waals surface area contributed by atoms with Gasteiger partial charge in [-0.1, -0.05) is 24.3 Å². The lowest BCUT2D eigenvalue weighted by Crippen LogP contribution is -1.96. The van der Waals surface area contributed by atoms with Crippen LogP contribution >= 0.6 is 15.9 Å². The van der Waals surface area contributed by atoms with Crippen LogP contribution in [0.3, 0.4) is 0 Å². The van der Waals surface area contributed by atoms with E-state index in [-0.39, 0.29) is 5.75 Å². The number of hydrogen-bond donors (Lipinski definition) is 1. The molecule has 3 nitrogen and oxygen atoms in total. The second-order valence-corrected chi connectivity index (χ2v) is 4.58. The van der Waals surface area contributed by atoms with Crippen LogP contribution in [0.4, 0.5) is 0 Å². The number of benzene rings is 2. The molecule has 0 aliphatic carbocycles. The summed E-state index contributed by atoms with van der Waals surface area (Å²) in [4.78, 5) is 0. The molecule has 0 saturated carbocycles. The van der Waals surface area contributed by atoms with Crippen molar-refractivity contribution in [2.24, 2.45) is 0 Å². The first kappa shape index (κ1) is 10.4. The van der Waals surface area contributed by atoms with E-state index in [1.165, 1.54) is 0 Å². The molecule has 1 heterocycles. The summed E-state index contributed by atoms with van der Waals surface area (Å²) < 4.78 is 2.69. The molecule has 0 radical (unpaired) electrons. The third kappa shape index (κ3) is 1.61. The van der Waals surface area contributed by atoms with Crippen LogP contribution in [0, 0.1) is 0 Å². The maximum Gasteiger partial charge on any atom is 0.141 e. The zero-order valence-electron chi connectivity index (χ0n) is 8.84. The Kier molecular flexibility index (Phi) is 2.37. The smallest absolute Gasteiger partial charge is 0.141 e. The van der Waals surface area contributed by atoms with Crippen LogP contribution in [0.5, 0.6) is 5.75 Å². The van der Waals surface area contributed by atoms with Gasteiger partial charge < -0.3 is 5.11 Å². The van der Waals surface area contributed by atoms with Crippen LogP contribution in [0.15, 0.2) is 53.1 Å². The molecule has 1 aromatic heterocycles. The lowest BCUT2D eigenvalue weighted by atomic mass is 10.2. The largest absolute Gasteiger partial charge is 0.506 e. The first-order valence-corrected chi connectivity index (χ1v) is 5.97. The van der Waals surface area contributed by atoms with Crippen LogP contribution in [0.25, 0.3) is 16.6 Å². The van der Waals surface area contributed by atoms with E-state index in [2.05, 4.69) is 21.0 Å². The van der Waals surface area contributed by atoms with Gasteiger partial charge >= 0.3 is 0 Å². The number of hydrogen-bond acceptors (Lipinski definition) is 2. The van der Waals surface area contributed by atoms with Crippen molar-refractivity contribution in [1.29, 1.82) is 0 Å². The fourth-order valence-electron chi connectivity index (χ4n) is 1.86. The summed E-state index contributed by atoms with van der Waals surface area (Å²) in [6, 6.07) is 13.1. The highest BCUT2D eigenvalue weighted by atomic mass is 79.9. The predicted molar refractivity (Wildman–Crippen MR) is 70.4 cm³/mol. The summed E-state index contributed by atoms with van der Waals surface area (Å²) in [7, 11) is 0. The molecule has 1 N–H and O–H groups in total. The average Bonchev–Trinajstić information content (AvgIpc) is 2.75. The predicted octanol–water partition coefficient (Wildman–Crippen LogP) is 3.49. The highest BCUT2D eigenvalue weighted by Gasteiger charge is 2.10. The Morgan fingerprint density at radius 2 is 1.88 bits per heavy atom. The average molecular weight is 289 g/mol. The minimum absolute atomic E-state index is 0.216. The van der Waals surface area contributed by atoms with Crippen molar-refractivity contribution in [3.8, 4) is 11.4 Å². The molecule has 0 unspecified atom stereocenters. The monoisotopic (exact) mass is 288 g/mol. The summed E-state index contributed by atoms with van der Waals surface area (Å²) in [5.74, 6) is 0.216. The molecule has 0 aliphatic rings. The van der Waals surface area contributed by atoms with Gasteiger partial charge in [0.1, 0.15) is 11.4 Å². The van der Waals surface area contributed by atoms with E-state index >= 15 is 0 Å². The summed E-state index contributed by atoms with van der Waals surface area (Å²) in [6.07, 6.45) is 1.78. The van der Waals surface area contributed by atoms with Crippen molar-refractivity contribution in [2.75, 3.05) is 0 Å². The molecule has 0 spiro atoms. The van der Waals surface area contributed by atoms with Crippen molar-refractivity contribution >= 4 is 26.8 Å². The van der Waals surface area contributed by atoms with Gasteiger partial charge in [0.25, 0.3) is 0 Å². The van der Waals surface area contributed by atoms with Crippen LogP contribution in [0.2, 0.25) is 0 Å². The van der Waals surface area contributed by atoms with E-state index < -0.39 is 0 Å². The number of phenolic OH excluding ortho intramolecular Hbond substituents is 1. The number of para-hydroxylation sites is 3. The fraction of sp³-hybridized carbons (Fsp3) is 0. The Balaban J connectivity index is 2.36. The Morgan fingerprint density at radius 1 is 1.06 bits per heavy atom. The van der Waals surface area contributed by atoms with Crippen molar-refractivity contribution in [1.82, 2.24) is 9.78 Å². The summed E-state index contributed by atoms with van der Waals surface area (Å²) in [5.41, 5.74) is 1.63. The van der Waals surface area contributed by atoms with E-state index in [1.54, 1.807) is 23.0 Å². The van der Waals surface area contributed by atoms with Gasteiger partial charge in [0.05, 0.1) is 11.7 Å². The van der Waals surface area contributed by atoms with Crippen LogP contribution in [-0.4, -0.2) is 14.9 Å². The molecule has 84 valence electrons. The summed E-state index contributed by atoms with van der Waals surface area (Å²) in [6.45, 7) is 0. The maximum atomic E-state index is 9.86. The van der Waals surface area contributed by atoms with E-state index in [9.17, 15) is 5.11 Å². The molecule has 17 heavy (non-hydrogen) atoms. The van der Waals surface area contributed by atoms with E-state index in [1.807, 2.05) is 30.3 Å². The number of phenols is 1. The normalized spacial score (nSPS) is 10.9. The molecule has 3 rings (SSSR count). The minimum atomic E-state index is 0.216. The fourth-order valence-corrected chi connectivity index (χ4v) is 2.41. The lowest BCUT2D eigenvalue weighted by molar-refractivity contribution is 0.471. The Labute approximate surface area is 106 Å². The van der Waals surface area contributed by atoms with Gasteiger partial charge in [-0.2, -0.15) is 5.10 Å². The standard InChI is InChI=1S/C13H9BrN2O/c14-10-5-3-4-9-8-15-16(13(9)10)11-6-1-2-7-12(11)17/h1-8,17H. The number of aromatic hydroxyl groups is 1. The summed E-state index contributed by atoms with van der Waals surface area (Å²) >= 11 is 3.51. The van der Waals surface area contributed by atoms with Gasteiger partial charge in [-0.05, 0) is 34.1 Å². The van der Waals surface area contributed by atoms with Gasteiger partial charge in [0.2, 0.25) is 0 Å². The molecule has 0 atom stereocenters. The van der Waals surface area contributed by atoms with Crippen LogP contribution in [0.1, 0.15) is 0 Å². The number of aromatic nitrogens is 2. The Bertz CT molecular complexity index is 691. The molecule has 0 amide bonds. The minimum Gasteiger partial charge on any atom is -0.506 e. The second-order valence-electron chi connectivity index (χ2n) is 3.72. The number of nitrogens with zero attached hydrogens (tertiary/aromatic N) is 2. The van der Waals surface area contributed by atoms with Crippen molar-refractivity contribution in [3.05, 3.63) is 53.1 Å². The SMILES string of the molecule is Oc1ccccc1-n1ncc2cccc(Br)c21. The topological polar surface area (TPSA) is 38.0 Å². The van der Waals surface area contributed by atoms with Crippen LogP contribution < -0.4 is 0 Å². The highest BCUT2D eigenvalue weighted by Crippen LogP contribution is 2.29. The molecule has 2 aromatic carbocycles. The van der Waals surface area contributed by atoms with Crippen LogP contribution in [-0.2, 0) is 0 Å². The third-order valence-corrected chi connectivity index (χ3v) is 3.29. The zero-order chi connectivity index (χ0) is 11.8. The van der Waals surface area contributed by atoms with Gasteiger partial charge in [-0.3, -0.25) is 0 Å². The number of halogens is 1. The number of fused-ring (bicyclic) bond motifs is 1. The second kappa shape index (κ2) is 3.89. The highest BCUT2D eigenvalue weighted by molar-refractivity contribution is 9.10. The molecule has 0 aliphatic heterocycles. The quantitative estimate of drug-likeness (QED) is 0.744. The lowest BCUT2D eigenvalue weighted by Gasteiger charge is -2.06. The Hall–Kier alpha value is -1.81. The molecule has 0 bridgehead atoms. The van der Waals surface area contributed by atoms with Gasteiger partial charge in [0.15, 0.2) is 0 Å². The van der Waals surface area contributed by atoms with Crippen molar-refractivity contribution < 1.29 is 5.11 Å². The van der Waals surface area contributed by atoms with Crippen molar-refractivity contribution in [3.63, 3.8) is 0 Å². The van der Waals surface area contributed by atoms with Gasteiger partial charge in [-0.15, -0.1) is 0 Å². The number of rotatable bonds is 1. The molecule has 0 saturated heterocycles. The molecule has 0 fully saturated rings. The molecule has 4 heteroatoms. The molecule has 3 aromatic rings. The van der Waals surface area contributed by atoms with E-state index in [4.69, 9.17) is 0 Å². The summed E-state index contributed by atoms with van der Waals surface area (Å²) in [5, 5.41) is 15.2. The zero-order valence-corrected chi connectivity index (χ0v) is 10.4.